The van der Waals surface area contributed by atoms with Gasteiger partial charge in [0.15, 0.2) is 6.61 Å². The zero-order valence-electron chi connectivity index (χ0n) is 16.6. The summed E-state index contributed by atoms with van der Waals surface area (Å²) in [6.45, 7) is 0.804. The van der Waals surface area contributed by atoms with Crippen molar-refractivity contribution in [3.63, 3.8) is 0 Å². The molecule has 1 amide bonds. The van der Waals surface area contributed by atoms with Crippen LogP contribution in [-0.4, -0.2) is 65.7 Å². The van der Waals surface area contributed by atoms with Crippen LogP contribution in [0, 0.1) is 0 Å². The van der Waals surface area contributed by atoms with Gasteiger partial charge >= 0.3 is 5.76 Å². The summed E-state index contributed by atoms with van der Waals surface area (Å²) in [7, 11) is -8.35. The predicted octanol–water partition coefficient (Wildman–Crippen LogP) is 1.72. The third-order valence-electron chi connectivity index (χ3n) is 4.50. The third-order valence-corrected chi connectivity index (χ3v) is 7.81. The fourth-order valence-electron chi connectivity index (χ4n) is 2.82. The van der Waals surface area contributed by atoms with Crippen LogP contribution < -0.4 is 10.1 Å². The van der Waals surface area contributed by atoms with Crippen molar-refractivity contribution in [2.75, 3.05) is 38.2 Å². The summed E-state index contributed by atoms with van der Waals surface area (Å²) in [6.07, 6.45) is 0. The van der Waals surface area contributed by atoms with Crippen LogP contribution in [-0.2, 0) is 29.4 Å². The Hall–Kier alpha value is -2.61. The van der Waals surface area contributed by atoms with Crippen LogP contribution in [0.3, 0.4) is 0 Å². The van der Waals surface area contributed by atoms with Gasteiger partial charge in [-0.3, -0.25) is 4.79 Å². The molecule has 1 heterocycles. The van der Waals surface area contributed by atoms with E-state index in [1.54, 1.807) is 0 Å². The first-order chi connectivity index (χ1) is 15.1. The Morgan fingerprint density at radius 1 is 0.969 bits per heavy atom. The summed E-state index contributed by atoms with van der Waals surface area (Å²) < 4.78 is 84.8. The number of alkyl halides is 2. The Labute approximate surface area is 183 Å². The minimum absolute atomic E-state index is 0.0926. The minimum atomic E-state index is -4.71. The number of sulfone groups is 1. The zero-order valence-corrected chi connectivity index (χ0v) is 18.2. The Morgan fingerprint density at radius 3 is 2.09 bits per heavy atom. The number of hydrogen-bond donors (Lipinski definition) is 1. The number of nitrogens with zero attached hydrogens (tertiary/aromatic N) is 1. The van der Waals surface area contributed by atoms with Gasteiger partial charge in [-0.25, -0.2) is 16.8 Å². The number of sulfonamides is 1. The van der Waals surface area contributed by atoms with Crippen LogP contribution in [0.25, 0.3) is 0 Å². The molecule has 1 fully saturated rings. The van der Waals surface area contributed by atoms with E-state index in [4.69, 9.17) is 9.47 Å². The fraction of sp³-hybridized carbons (Fsp3) is 0.316. The largest absolute Gasteiger partial charge is 0.484 e. The van der Waals surface area contributed by atoms with Gasteiger partial charge in [0.25, 0.3) is 5.91 Å². The second-order valence-electron chi connectivity index (χ2n) is 6.65. The molecular formula is C19H20F2N2O7S2. The lowest BCUT2D eigenvalue weighted by Crippen LogP contribution is -2.40. The SMILES string of the molecule is O=C(COc1ccc(S(=O)(=O)N2CCOCC2)cc1)Nc1ccc(S(=O)(=O)C(F)F)cc1. The second-order valence-corrected chi connectivity index (χ2v) is 10.5. The van der Waals surface area contributed by atoms with E-state index >= 15 is 0 Å². The van der Waals surface area contributed by atoms with E-state index in [0.29, 0.717) is 13.2 Å². The first-order valence-corrected chi connectivity index (χ1v) is 12.3. The van der Waals surface area contributed by atoms with Crippen LogP contribution in [0.5, 0.6) is 5.75 Å². The number of nitrogens with one attached hydrogen (secondary N) is 1. The van der Waals surface area contributed by atoms with Crippen molar-refractivity contribution in [2.24, 2.45) is 0 Å². The molecule has 1 saturated heterocycles. The first kappa shape index (κ1) is 24.0. The van der Waals surface area contributed by atoms with Crippen LogP contribution in [0.1, 0.15) is 0 Å². The molecule has 32 heavy (non-hydrogen) atoms. The topological polar surface area (TPSA) is 119 Å². The highest BCUT2D eigenvalue weighted by atomic mass is 32.2. The molecule has 0 aliphatic carbocycles. The van der Waals surface area contributed by atoms with Gasteiger partial charge in [0.05, 0.1) is 23.0 Å². The Bertz CT molecular complexity index is 1150. The van der Waals surface area contributed by atoms with Gasteiger partial charge in [-0.05, 0) is 48.5 Å². The smallest absolute Gasteiger partial charge is 0.341 e. The Kier molecular flexibility index (Phi) is 7.44. The molecule has 0 aromatic heterocycles. The summed E-state index contributed by atoms with van der Waals surface area (Å²) >= 11 is 0. The van der Waals surface area contributed by atoms with Crippen LogP contribution in [0.15, 0.2) is 58.3 Å². The molecule has 2 aromatic carbocycles. The van der Waals surface area contributed by atoms with Gasteiger partial charge < -0.3 is 14.8 Å². The maximum Gasteiger partial charge on any atom is 0.341 e. The minimum Gasteiger partial charge on any atom is -0.484 e. The number of rotatable bonds is 8. The molecule has 174 valence electrons. The van der Waals surface area contributed by atoms with E-state index in [1.807, 2.05) is 0 Å². The van der Waals surface area contributed by atoms with E-state index in [0.717, 1.165) is 12.1 Å². The number of ether oxygens (including phenoxy) is 2. The average molecular weight is 491 g/mol. The van der Waals surface area contributed by atoms with Crippen LogP contribution in [0.2, 0.25) is 0 Å². The Morgan fingerprint density at radius 2 is 1.53 bits per heavy atom. The normalized spacial score (nSPS) is 15.5. The molecule has 3 rings (SSSR count). The number of carbonyl (C=O) groups excluding carboxylic acids is 1. The lowest BCUT2D eigenvalue weighted by atomic mass is 10.3. The maximum absolute atomic E-state index is 12.6. The molecule has 0 atom stereocenters. The molecule has 0 spiro atoms. The highest BCUT2D eigenvalue weighted by Gasteiger charge is 2.27. The molecule has 1 N–H and O–H groups in total. The van der Waals surface area contributed by atoms with Gasteiger partial charge in [-0.1, -0.05) is 0 Å². The summed E-state index contributed by atoms with van der Waals surface area (Å²) in [5.41, 5.74) is 0.193. The first-order valence-electron chi connectivity index (χ1n) is 9.33. The second kappa shape index (κ2) is 9.90. The molecule has 1 aliphatic heterocycles. The zero-order chi connectivity index (χ0) is 23.4. The van der Waals surface area contributed by atoms with Crippen molar-refractivity contribution in [1.29, 1.82) is 0 Å². The van der Waals surface area contributed by atoms with Crippen molar-refractivity contribution in [3.05, 3.63) is 48.5 Å². The number of halogens is 2. The molecule has 9 nitrogen and oxygen atoms in total. The molecule has 2 aromatic rings. The standard InChI is InChI=1S/C19H20F2N2O7S2/c20-19(21)31(25,26)16-5-1-14(2-6-16)22-18(24)13-30-15-3-7-17(8-4-15)32(27,28)23-9-11-29-12-10-23/h1-8,19H,9-13H2,(H,22,24). The number of amides is 1. The molecule has 0 radical (unpaired) electrons. The lowest BCUT2D eigenvalue weighted by molar-refractivity contribution is -0.118. The van der Waals surface area contributed by atoms with Crippen molar-refractivity contribution < 1.29 is 39.9 Å². The highest BCUT2D eigenvalue weighted by Crippen LogP contribution is 2.22. The average Bonchev–Trinajstić information content (AvgIpc) is 2.79. The van der Waals surface area contributed by atoms with Gasteiger partial charge in [-0.2, -0.15) is 13.1 Å². The van der Waals surface area contributed by atoms with Crippen molar-refractivity contribution in [3.8, 4) is 5.75 Å². The van der Waals surface area contributed by atoms with Crippen LogP contribution in [0.4, 0.5) is 14.5 Å². The van der Waals surface area contributed by atoms with Gasteiger partial charge in [0.1, 0.15) is 5.75 Å². The quantitative estimate of drug-likeness (QED) is 0.598. The summed E-state index contributed by atoms with van der Waals surface area (Å²) in [5.74, 6) is -3.86. The number of benzene rings is 2. The fourth-order valence-corrected chi connectivity index (χ4v) is 4.95. The van der Waals surface area contributed by atoms with Gasteiger partial charge in [0.2, 0.25) is 19.9 Å². The highest BCUT2D eigenvalue weighted by molar-refractivity contribution is 7.91. The molecule has 1 aliphatic rings. The number of carbonyl (C=O) groups is 1. The molecule has 0 unspecified atom stereocenters. The summed E-state index contributed by atoms with van der Waals surface area (Å²) in [4.78, 5) is 11.6. The number of anilines is 1. The Balaban J connectivity index is 1.55. The lowest BCUT2D eigenvalue weighted by Gasteiger charge is -2.26. The summed E-state index contributed by atoms with van der Waals surface area (Å²) in [6, 6.07) is 9.88. The summed E-state index contributed by atoms with van der Waals surface area (Å²) in [5, 5.41) is 2.44. The monoisotopic (exact) mass is 490 g/mol. The number of morpholine rings is 1. The third kappa shape index (κ3) is 5.59. The molecule has 0 saturated carbocycles. The van der Waals surface area contributed by atoms with Crippen molar-refractivity contribution >= 4 is 31.5 Å². The van der Waals surface area contributed by atoms with E-state index in [-0.39, 0.29) is 29.4 Å². The molecule has 0 bridgehead atoms. The number of hydrogen-bond acceptors (Lipinski definition) is 7. The van der Waals surface area contributed by atoms with E-state index in [2.05, 4.69) is 5.32 Å². The predicted molar refractivity (Wildman–Crippen MR) is 110 cm³/mol. The van der Waals surface area contributed by atoms with Gasteiger partial charge in [0, 0.05) is 18.8 Å². The van der Waals surface area contributed by atoms with Gasteiger partial charge in [-0.15, -0.1) is 0 Å². The van der Waals surface area contributed by atoms with E-state index in [9.17, 15) is 30.4 Å². The molecular weight excluding hydrogens is 470 g/mol. The van der Waals surface area contributed by atoms with Crippen molar-refractivity contribution in [1.82, 2.24) is 4.31 Å². The van der Waals surface area contributed by atoms with Crippen molar-refractivity contribution in [2.45, 2.75) is 15.5 Å². The van der Waals surface area contributed by atoms with Crippen LogP contribution >= 0.6 is 0 Å². The van der Waals surface area contributed by atoms with E-state index < -0.39 is 43.0 Å². The maximum atomic E-state index is 12.6. The molecule has 13 heteroatoms. The van der Waals surface area contributed by atoms with E-state index in [1.165, 1.54) is 40.7 Å².